The molecule has 27 heavy (non-hydrogen) atoms. The Balaban J connectivity index is 1.46. The second kappa shape index (κ2) is 8.05. The van der Waals surface area contributed by atoms with Crippen LogP contribution in [0.3, 0.4) is 0 Å². The topological polar surface area (TPSA) is 51.0 Å². The average Bonchev–Trinajstić information content (AvgIpc) is 3.16. The Bertz CT molecular complexity index is 816. The summed E-state index contributed by atoms with van der Waals surface area (Å²) in [5, 5.41) is 9.15. The van der Waals surface area contributed by atoms with E-state index in [4.69, 9.17) is 0 Å². The summed E-state index contributed by atoms with van der Waals surface area (Å²) in [5.41, 5.74) is 3.46. The highest BCUT2D eigenvalue weighted by Gasteiger charge is 2.35. The van der Waals surface area contributed by atoms with Gasteiger partial charge >= 0.3 is 0 Å². The lowest BCUT2D eigenvalue weighted by Crippen LogP contribution is -2.50. The monoisotopic (exact) mass is 384 g/mol. The van der Waals surface area contributed by atoms with E-state index in [1.165, 1.54) is 55.0 Å². The lowest BCUT2D eigenvalue weighted by molar-refractivity contribution is -0.134. The second-order valence-corrected chi connectivity index (χ2v) is 8.85. The summed E-state index contributed by atoms with van der Waals surface area (Å²) >= 11 is 1.50. The van der Waals surface area contributed by atoms with Crippen molar-refractivity contribution in [3.8, 4) is 5.69 Å². The molecule has 2 heterocycles. The molecule has 144 valence electrons. The SMILES string of the molecule is Cc1ccc(C)c(-n2cnnc2SCC(=O)N2CCC[C@H]3CCCC[C@@H]32)c1. The molecule has 4 rings (SSSR count). The number of benzene rings is 1. The van der Waals surface area contributed by atoms with Gasteiger partial charge in [0.1, 0.15) is 6.33 Å². The van der Waals surface area contributed by atoms with Crippen molar-refractivity contribution in [2.45, 2.75) is 63.6 Å². The van der Waals surface area contributed by atoms with E-state index in [-0.39, 0.29) is 5.91 Å². The summed E-state index contributed by atoms with van der Waals surface area (Å²) in [5.74, 6) is 1.42. The molecule has 6 heteroatoms. The van der Waals surface area contributed by atoms with E-state index in [1.807, 2.05) is 4.57 Å². The molecule has 1 saturated carbocycles. The van der Waals surface area contributed by atoms with Gasteiger partial charge in [0.05, 0.1) is 11.4 Å². The van der Waals surface area contributed by atoms with Gasteiger partial charge in [-0.25, -0.2) is 0 Å². The third kappa shape index (κ3) is 3.91. The average molecular weight is 385 g/mol. The Labute approximate surface area is 165 Å². The van der Waals surface area contributed by atoms with Crippen molar-refractivity contribution in [3.63, 3.8) is 0 Å². The van der Waals surface area contributed by atoms with Crippen molar-refractivity contribution in [2.75, 3.05) is 12.3 Å². The van der Waals surface area contributed by atoms with Gasteiger partial charge in [0.15, 0.2) is 5.16 Å². The van der Waals surface area contributed by atoms with E-state index >= 15 is 0 Å². The molecule has 0 radical (unpaired) electrons. The maximum Gasteiger partial charge on any atom is 0.233 e. The normalized spacial score (nSPS) is 22.5. The fraction of sp³-hybridized carbons (Fsp3) is 0.571. The molecule has 1 aromatic carbocycles. The van der Waals surface area contributed by atoms with Crippen LogP contribution in [0, 0.1) is 19.8 Å². The van der Waals surface area contributed by atoms with Crippen molar-refractivity contribution in [2.24, 2.45) is 5.92 Å². The first kappa shape index (κ1) is 18.5. The van der Waals surface area contributed by atoms with Gasteiger partial charge in [0, 0.05) is 12.6 Å². The van der Waals surface area contributed by atoms with Crippen molar-refractivity contribution < 1.29 is 4.79 Å². The Morgan fingerprint density at radius 1 is 1.19 bits per heavy atom. The van der Waals surface area contributed by atoms with E-state index in [1.54, 1.807) is 6.33 Å². The minimum Gasteiger partial charge on any atom is -0.339 e. The van der Waals surface area contributed by atoms with Gasteiger partial charge in [-0.1, -0.05) is 36.7 Å². The van der Waals surface area contributed by atoms with Crippen LogP contribution in [0.2, 0.25) is 0 Å². The van der Waals surface area contributed by atoms with Crippen LogP contribution in [0.4, 0.5) is 0 Å². The molecule has 0 unspecified atom stereocenters. The fourth-order valence-electron chi connectivity index (χ4n) is 4.61. The number of likely N-dealkylation sites (tertiary alicyclic amines) is 1. The lowest BCUT2D eigenvalue weighted by atomic mass is 9.78. The Kier molecular flexibility index (Phi) is 5.53. The van der Waals surface area contributed by atoms with E-state index < -0.39 is 0 Å². The largest absolute Gasteiger partial charge is 0.339 e. The zero-order valence-electron chi connectivity index (χ0n) is 16.2. The number of hydrogen-bond acceptors (Lipinski definition) is 4. The summed E-state index contributed by atoms with van der Waals surface area (Å²) < 4.78 is 2.00. The first-order chi connectivity index (χ1) is 13.1. The van der Waals surface area contributed by atoms with Gasteiger partial charge in [-0.3, -0.25) is 9.36 Å². The van der Waals surface area contributed by atoms with Crippen LogP contribution in [-0.2, 0) is 4.79 Å². The van der Waals surface area contributed by atoms with Crippen LogP contribution in [0.15, 0.2) is 29.7 Å². The molecular formula is C21H28N4OS. The molecule has 1 aromatic heterocycles. The number of carbonyl (C=O) groups is 1. The predicted molar refractivity (Wildman–Crippen MR) is 108 cm³/mol. The molecule has 0 spiro atoms. The molecule has 1 amide bonds. The minimum atomic E-state index is 0.257. The molecule has 2 atom stereocenters. The molecule has 0 N–H and O–H groups in total. The van der Waals surface area contributed by atoms with Gasteiger partial charge in [-0.2, -0.15) is 0 Å². The smallest absolute Gasteiger partial charge is 0.233 e. The summed E-state index contributed by atoms with van der Waals surface area (Å²) in [6, 6.07) is 6.83. The van der Waals surface area contributed by atoms with E-state index in [2.05, 4.69) is 47.1 Å². The van der Waals surface area contributed by atoms with Crippen LogP contribution >= 0.6 is 11.8 Å². The summed E-state index contributed by atoms with van der Waals surface area (Å²) in [7, 11) is 0. The van der Waals surface area contributed by atoms with Crippen molar-refractivity contribution in [3.05, 3.63) is 35.7 Å². The molecule has 5 nitrogen and oxygen atoms in total. The van der Waals surface area contributed by atoms with E-state index in [9.17, 15) is 4.79 Å². The Morgan fingerprint density at radius 2 is 2.00 bits per heavy atom. The highest BCUT2D eigenvalue weighted by Crippen LogP contribution is 2.35. The van der Waals surface area contributed by atoms with Crippen molar-refractivity contribution in [1.29, 1.82) is 0 Å². The number of aromatic nitrogens is 3. The zero-order valence-corrected chi connectivity index (χ0v) is 17.0. The summed E-state index contributed by atoms with van der Waals surface area (Å²) in [6.45, 7) is 5.09. The molecule has 2 aromatic rings. The summed E-state index contributed by atoms with van der Waals surface area (Å²) in [4.78, 5) is 15.1. The molecule has 2 fully saturated rings. The number of nitrogens with zero attached hydrogens (tertiary/aromatic N) is 4. The first-order valence-corrected chi connectivity index (χ1v) is 11.0. The number of carbonyl (C=O) groups excluding carboxylic acids is 1. The number of aryl methyl sites for hydroxylation is 2. The minimum absolute atomic E-state index is 0.257. The number of rotatable bonds is 4. The van der Waals surface area contributed by atoms with E-state index in [0.717, 1.165) is 29.7 Å². The van der Waals surface area contributed by atoms with Crippen LogP contribution in [0.5, 0.6) is 0 Å². The van der Waals surface area contributed by atoms with Gasteiger partial charge < -0.3 is 4.90 Å². The van der Waals surface area contributed by atoms with Gasteiger partial charge in [0.2, 0.25) is 5.91 Å². The van der Waals surface area contributed by atoms with Gasteiger partial charge in [-0.15, -0.1) is 10.2 Å². The Hall–Kier alpha value is -1.82. The van der Waals surface area contributed by atoms with Crippen molar-refractivity contribution in [1.82, 2.24) is 19.7 Å². The van der Waals surface area contributed by atoms with Crippen LogP contribution < -0.4 is 0 Å². The number of hydrogen-bond donors (Lipinski definition) is 0. The zero-order chi connectivity index (χ0) is 18.8. The highest BCUT2D eigenvalue weighted by atomic mass is 32.2. The third-order valence-corrected chi connectivity index (χ3v) is 6.96. The number of thioether (sulfide) groups is 1. The molecule has 2 aliphatic rings. The van der Waals surface area contributed by atoms with Crippen molar-refractivity contribution >= 4 is 17.7 Å². The number of piperidine rings is 1. The molecular weight excluding hydrogens is 356 g/mol. The Morgan fingerprint density at radius 3 is 2.89 bits per heavy atom. The second-order valence-electron chi connectivity index (χ2n) is 7.90. The predicted octanol–water partition coefficient (Wildman–Crippen LogP) is 4.16. The molecule has 0 bridgehead atoms. The quantitative estimate of drug-likeness (QED) is 0.743. The van der Waals surface area contributed by atoms with Crippen LogP contribution in [0.25, 0.3) is 5.69 Å². The van der Waals surface area contributed by atoms with Gasteiger partial charge in [0.25, 0.3) is 0 Å². The van der Waals surface area contributed by atoms with Crippen LogP contribution in [-0.4, -0.2) is 43.9 Å². The third-order valence-electron chi connectivity index (χ3n) is 6.03. The van der Waals surface area contributed by atoms with Gasteiger partial charge in [-0.05, 0) is 62.6 Å². The lowest BCUT2D eigenvalue weighted by Gasteiger charge is -2.44. The summed E-state index contributed by atoms with van der Waals surface area (Å²) in [6.07, 6.45) is 9.25. The first-order valence-electron chi connectivity index (χ1n) is 10.0. The molecule has 1 saturated heterocycles. The standard InChI is InChI=1S/C21H28N4OS/c1-15-9-10-16(2)19(12-15)25-14-22-23-21(25)27-13-20(26)24-11-5-7-17-6-3-4-8-18(17)24/h9-10,12,14,17-18H,3-8,11,13H2,1-2H3/t17-,18+/m1/s1. The number of fused-ring (bicyclic) bond motifs is 1. The molecule has 1 aliphatic carbocycles. The number of amides is 1. The highest BCUT2D eigenvalue weighted by molar-refractivity contribution is 7.99. The maximum atomic E-state index is 13.0. The van der Waals surface area contributed by atoms with E-state index in [0.29, 0.717) is 11.8 Å². The molecule has 1 aliphatic heterocycles. The maximum absolute atomic E-state index is 13.0. The van der Waals surface area contributed by atoms with Crippen LogP contribution in [0.1, 0.15) is 49.7 Å². The fourth-order valence-corrected chi connectivity index (χ4v) is 5.42.